The number of halogens is 1. The quantitative estimate of drug-likeness (QED) is 0.282. The fourth-order valence-electron chi connectivity index (χ4n) is 4.81. The molecule has 37 heavy (non-hydrogen) atoms. The molecule has 3 aromatic heterocycles. The molecule has 5 aromatic rings. The average molecular weight is 495 g/mol. The van der Waals surface area contributed by atoms with Gasteiger partial charge in [0.15, 0.2) is 0 Å². The second kappa shape index (κ2) is 9.97. The van der Waals surface area contributed by atoms with Gasteiger partial charge in [0.1, 0.15) is 18.2 Å². The molecule has 2 aromatic carbocycles. The largest absolute Gasteiger partial charge is 0.475 e. The number of aromatic nitrogens is 5. The van der Waals surface area contributed by atoms with Crippen LogP contribution in [0.25, 0.3) is 33.5 Å². The normalized spacial score (nSPS) is 14.6. The summed E-state index contributed by atoms with van der Waals surface area (Å²) in [5, 5.41) is 4.35. The highest BCUT2D eigenvalue weighted by Crippen LogP contribution is 2.39. The van der Waals surface area contributed by atoms with E-state index in [2.05, 4.69) is 26.8 Å². The number of nitrogens with one attached hydrogen (secondary N) is 1. The number of hydrogen-bond acceptors (Lipinski definition) is 6. The lowest BCUT2D eigenvalue weighted by molar-refractivity contribution is 0.248. The zero-order valence-corrected chi connectivity index (χ0v) is 20.6. The first-order valence-electron chi connectivity index (χ1n) is 12.6. The first-order chi connectivity index (χ1) is 18.2. The topological polar surface area (TPSA) is 77.8 Å². The van der Waals surface area contributed by atoms with E-state index in [9.17, 15) is 4.39 Å². The van der Waals surface area contributed by atoms with Crippen LogP contribution in [0.3, 0.4) is 0 Å². The van der Waals surface area contributed by atoms with Crippen LogP contribution in [0.5, 0.6) is 5.88 Å². The molecule has 0 bridgehead atoms. The van der Waals surface area contributed by atoms with Gasteiger partial charge in [0.2, 0.25) is 11.8 Å². The first-order valence-corrected chi connectivity index (χ1v) is 12.6. The highest BCUT2D eigenvalue weighted by atomic mass is 19.1. The number of pyridine rings is 1. The lowest BCUT2D eigenvalue weighted by Crippen LogP contribution is -2.16. The molecule has 8 heteroatoms. The van der Waals surface area contributed by atoms with Gasteiger partial charge in [-0.25, -0.2) is 24.3 Å². The Bertz CT molecular complexity index is 1550. The third-order valence-corrected chi connectivity index (χ3v) is 6.60. The summed E-state index contributed by atoms with van der Waals surface area (Å²) in [6, 6.07) is 20.3. The van der Waals surface area contributed by atoms with Crippen LogP contribution in [-0.2, 0) is 6.42 Å². The molecule has 0 aliphatic carbocycles. The minimum Gasteiger partial charge on any atom is -0.475 e. The molecule has 1 aliphatic rings. The molecule has 7 nitrogen and oxygen atoms in total. The molecule has 0 radical (unpaired) electrons. The molecule has 0 saturated heterocycles. The second-order valence-corrected chi connectivity index (χ2v) is 9.14. The Hall–Kier alpha value is -4.33. The zero-order chi connectivity index (χ0) is 25.2. The Labute approximate surface area is 214 Å². The highest BCUT2D eigenvalue weighted by molar-refractivity contribution is 5.79. The maximum absolute atomic E-state index is 13.7. The minimum atomic E-state index is -0.278. The van der Waals surface area contributed by atoms with E-state index < -0.39 is 0 Å². The summed E-state index contributed by atoms with van der Waals surface area (Å²) in [5.74, 6) is 1.86. The van der Waals surface area contributed by atoms with E-state index in [1.54, 1.807) is 18.3 Å². The van der Waals surface area contributed by atoms with Crippen molar-refractivity contribution in [1.29, 1.82) is 0 Å². The second-order valence-electron chi connectivity index (χ2n) is 9.14. The number of nitrogens with zero attached hydrogens (tertiary/aromatic N) is 5. The van der Waals surface area contributed by atoms with E-state index in [-0.39, 0.29) is 11.9 Å². The van der Waals surface area contributed by atoms with Gasteiger partial charge in [-0.15, -0.1) is 0 Å². The van der Waals surface area contributed by atoms with Crippen LogP contribution in [0, 0.1) is 5.82 Å². The SMILES string of the molecule is CCCNc1nccc(-c2c(-c3ccc(F)cc3)nc3n2C(COc2ccc4ccccc4n2)CC3)n1. The molecule has 4 heterocycles. The van der Waals surface area contributed by atoms with Crippen molar-refractivity contribution in [2.75, 3.05) is 18.5 Å². The van der Waals surface area contributed by atoms with E-state index in [1.165, 1.54) is 12.1 Å². The zero-order valence-electron chi connectivity index (χ0n) is 20.6. The van der Waals surface area contributed by atoms with Gasteiger partial charge in [0.25, 0.3) is 0 Å². The number of anilines is 1. The summed E-state index contributed by atoms with van der Waals surface area (Å²) < 4.78 is 22.1. The fourth-order valence-corrected chi connectivity index (χ4v) is 4.81. The van der Waals surface area contributed by atoms with Crippen molar-refractivity contribution >= 4 is 16.9 Å². The van der Waals surface area contributed by atoms with Gasteiger partial charge in [0.05, 0.1) is 28.6 Å². The van der Waals surface area contributed by atoms with Gasteiger partial charge < -0.3 is 14.6 Å². The predicted octanol–water partition coefficient (Wildman–Crippen LogP) is 6.08. The third kappa shape index (κ3) is 4.62. The number of para-hydroxylation sites is 1. The third-order valence-electron chi connectivity index (χ3n) is 6.60. The first kappa shape index (κ1) is 23.1. The van der Waals surface area contributed by atoms with Crippen LogP contribution in [-0.4, -0.2) is 37.7 Å². The van der Waals surface area contributed by atoms with Crippen LogP contribution in [0.2, 0.25) is 0 Å². The van der Waals surface area contributed by atoms with Crippen molar-refractivity contribution in [3.05, 3.63) is 84.6 Å². The Morgan fingerprint density at radius 2 is 1.86 bits per heavy atom. The molecule has 1 aliphatic heterocycles. The molecule has 0 spiro atoms. The Morgan fingerprint density at radius 3 is 2.73 bits per heavy atom. The lowest BCUT2D eigenvalue weighted by Gasteiger charge is -2.18. The van der Waals surface area contributed by atoms with E-state index in [0.717, 1.165) is 65.2 Å². The molecule has 0 amide bonds. The van der Waals surface area contributed by atoms with Crippen LogP contribution in [0.1, 0.15) is 31.6 Å². The number of ether oxygens (including phenoxy) is 1. The van der Waals surface area contributed by atoms with Gasteiger partial charge in [-0.3, -0.25) is 0 Å². The van der Waals surface area contributed by atoms with Gasteiger partial charge in [-0.1, -0.05) is 25.1 Å². The van der Waals surface area contributed by atoms with Crippen molar-refractivity contribution in [1.82, 2.24) is 24.5 Å². The summed E-state index contributed by atoms with van der Waals surface area (Å²) in [6.45, 7) is 3.34. The predicted molar refractivity (Wildman–Crippen MR) is 142 cm³/mol. The van der Waals surface area contributed by atoms with Gasteiger partial charge in [-0.2, -0.15) is 0 Å². The number of hydrogen-bond donors (Lipinski definition) is 1. The van der Waals surface area contributed by atoms with Crippen LogP contribution in [0.4, 0.5) is 10.3 Å². The number of fused-ring (bicyclic) bond motifs is 2. The van der Waals surface area contributed by atoms with E-state index >= 15 is 0 Å². The van der Waals surface area contributed by atoms with Gasteiger partial charge in [-0.05, 0) is 55.3 Å². The van der Waals surface area contributed by atoms with Crippen molar-refractivity contribution < 1.29 is 9.13 Å². The Morgan fingerprint density at radius 1 is 1.00 bits per heavy atom. The Balaban J connectivity index is 1.37. The molecule has 1 atom stereocenters. The lowest BCUT2D eigenvalue weighted by atomic mass is 10.1. The van der Waals surface area contributed by atoms with Crippen molar-refractivity contribution in [3.8, 4) is 28.5 Å². The van der Waals surface area contributed by atoms with E-state index in [0.29, 0.717) is 18.4 Å². The standard InChI is InChI=1S/C29H27FN6O/c1-2-16-31-29-32-17-15-24(34-29)28-27(20-7-10-21(30)11-8-20)35-25-13-12-22(36(25)28)18-37-26-14-9-19-5-3-4-6-23(19)33-26/h3-11,14-15,17,22H,2,12-13,16,18H2,1H3,(H,31,32,34). The summed E-state index contributed by atoms with van der Waals surface area (Å²) in [7, 11) is 0. The van der Waals surface area contributed by atoms with Crippen molar-refractivity contribution in [3.63, 3.8) is 0 Å². The monoisotopic (exact) mass is 494 g/mol. The average Bonchev–Trinajstić information content (AvgIpc) is 3.51. The molecule has 6 rings (SSSR count). The maximum Gasteiger partial charge on any atom is 0.223 e. The van der Waals surface area contributed by atoms with Crippen molar-refractivity contribution in [2.24, 2.45) is 0 Å². The summed E-state index contributed by atoms with van der Waals surface area (Å²) >= 11 is 0. The van der Waals surface area contributed by atoms with Gasteiger partial charge in [0, 0.05) is 36.2 Å². The molecular formula is C29H27FN6O. The van der Waals surface area contributed by atoms with Crippen LogP contribution < -0.4 is 10.1 Å². The molecule has 186 valence electrons. The molecule has 0 saturated carbocycles. The van der Waals surface area contributed by atoms with E-state index in [4.69, 9.17) is 14.7 Å². The summed E-state index contributed by atoms with van der Waals surface area (Å²) in [6.07, 6.45) is 4.45. The minimum absolute atomic E-state index is 0.0574. The summed E-state index contributed by atoms with van der Waals surface area (Å²) in [4.78, 5) is 18.8. The van der Waals surface area contributed by atoms with Crippen molar-refractivity contribution in [2.45, 2.75) is 32.2 Å². The number of rotatable bonds is 8. The maximum atomic E-state index is 13.7. The molecule has 0 fully saturated rings. The number of aryl methyl sites for hydroxylation is 1. The van der Waals surface area contributed by atoms with Gasteiger partial charge >= 0.3 is 0 Å². The molecule has 1 N–H and O–H groups in total. The number of benzene rings is 2. The molecular weight excluding hydrogens is 467 g/mol. The van der Waals surface area contributed by atoms with Crippen LogP contribution >= 0.6 is 0 Å². The fraction of sp³-hybridized carbons (Fsp3) is 0.241. The van der Waals surface area contributed by atoms with Crippen LogP contribution in [0.15, 0.2) is 72.9 Å². The summed E-state index contributed by atoms with van der Waals surface area (Å²) in [5.41, 5.74) is 4.19. The highest BCUT2D eigenvalue weighted by Gasteiger charge is 2.31. The smallest absolute Gasteiger partial charge is 0.223 e. The number of imidazole rings is 1. The Kier molecular flexibility index (Phi) is 6.22. The van der Waals surface area contributed by atoms with E-state index in [1.807, 2.05) is 42.5 Å². The molecule has 1 unspecified atom stereocenters.